The topological polar surface area (TPSA) is 108 Å². The molecule has 3 saturated heterocycles. The highest BCUT2D eigenvalue weighted by molar-refractivity contribution is 5.93. The molecule has 236 valence electrons. The second-order valence-electron chi connectivity index (χ2n) is 12.2. The zero-order valence-electron chi connectivity index (χ0n) is 25.3. The van der Waals surface area contributed by atoms with Crippen molar-refractivity contribution >= 4 is 17.0 Å². The van der Waals surface area contributed by atoms with Crippen molar-refractivity contribution in [1.82, 2.24) is 19.4 Å². The van der Waals surface area contributed by atoms with Gasteiger partial charge in [0.2, 0.25) is 5.88 Å². The van der Waals surface area contributed by atoms with E-state index in [4.69, 9.17) is 28.9 Å². The molecule has 4 aromatic rings. The quantitative estimate of drug-likeness (QED) is 0.261. The Morgan fingerprint density at radius 1 is 1.09 bits per heavy atom. The summed E-state index contributed by atoms with van der Waals surface area (Å²) in [6.45, 7) is 4.36. The lowest BCUT2D eigenvalue weighted by molar-refractivity contribution is -0.184. The van der Waals surface area contributed by atoms with Crippen LogP contribution >= 0.6 is 0 Å². The van der Waals surface area contributed by atoms with E-state index in [2.05, 4.69) is 9.47 Å². The molecule has 1 N–H and O–H groups in total. The van der Waals surface area contributed by atoms with Gasteiger partial charge in [-0.05, 0) is 68.2 Å². The van der Waals surface area contributed by atoms with Crippen molar-refractivity contribution in [1.29, 1.82) is 0 Å². The van der Waals surface area contributed by atoms with Crippen LogP contribution in [0.5, 0.6) is 5.88 Å². The third-order valence-corrected chi connectivity index (χ3v) is 9.19. The van der Waals surface area contributed by atoms with E-state index in [1.165, 1.54) is 13.2 Å². The standard InChI is InChI=1S/C34H37FN4O6/c1-42-33(40)23-6-8-29-30(15-23)39(17-26-11-14-44-26)31(36-29)18-38-12-9-22(10-13-38)28-3-2-4-32(37-28)45-19-24-5-7-25(16-27(24)35)34(41)20-43-21-34/h2-8,15-16,22,26,41H,9-14,17-21H2,1H3. The lowest BCUT2D eigenvalue weighted by Crippen LogP contribution is -2.46. The number of rotatable bonds is 10. The summed E-state index contributed by atoms with van der Waals surface area (Å²) in [5.41, 5.74) is 3.06. The number of pyridine rings is 1. The molecule has 0 bridgehead atoms. The van der Waals surface area contributed by atoms with Gasteiger partial charge < -0.3 is 28.6 Å². The molecule has 1 unspecified atom stereocenters. The molecule has 5 heterocycles. The number of aromatic nitrogens is 3. The number of fused-ring (bicyclic) bond motifs is 1. The van der Waals surface area contributed by atoms with Crippen molar-refractivity contribution in [3.05, 3.63) is 88.6 Å². The zero-order chi connectivity index (χ0) is 31.0. The van der Waals surface area contributed by atoms with E-state index in [9.17, 15) is 14.3 Å². The Kier molecular flexibility index (Phi) is 8.26. The van der Waals surface area contributed by atoms with E-state index in [0.717, 1.165) is 61.5 Å². The molecular weight excluding hydrogens is 579 g/mol. The fourth-order valence-electron chi connectivity index (χ4n) is 6.27. The summed E-state index contributed by atoms with van der Waals surface area (Å²) in [5, 5.41) is 10.4. The van der Waals surface area contributed by atoms with Gasteiger partial charge in [-0.25, -0.2) is 19.2 Å². The van der Waals surface area contributed by atoms with Gasteiger partial charge in [0.1, 0.15) is 23.8 Å². The number of hydrogen-bond acceptors (Lipinski definition) is 9. The van der Waals surface area contributed by atoms with Crippen LogP contribution < -0.4 is 4.74 Å². The number of carbonyl (C=O) groups is 1. The predicted molar refractivity (Wildman–Crippen MR) is 162 cm³/mol. The van der Waals surface area contributed by atoms with Gasteiger partial charge in [0.05, 0.1) is 56.1 Å². The van der Waals surface area contributed by atoms with Crippen molar-refractivity contribution in [2.24, 2.45) is 0 Å². The van der Waals surface area contributed by atoms with E-state index in [1.54, 1.807) is 24.3 Å². The summed E-state index contributed by atoms with van der Waals surface area (Å²) in [6, 6.07) is 16.0. The Balaban J connectivity index is 0.984. The van der Waals surface area contributed by atoms with Crippen molar-refractivity contribution in [2.75, 3.05) is 40.0 Å². The Labute approximate surface area is 260 Å². The SMILES string of the molecule is COC(=O)c1ccc2nc(CN3CCC(c4cccc(OCc5ccc(C6(O)COC6)cc5F)n4)CC3)n(CC3CCO3)c2c1. The number of carbonyl (C=O) groups excluding carboxylic acids is 1. The highest BCUT2D eigenvalue weighted by Crippen LogP contribution is 2.32. The Bertz CT molecular complexity index is 1690. The maximum Gasteiger partial charge on any atom is 0.337 e. The lowest BCUT2D eigenvalue weighted by atomic mass is 9.91. The monoisotopic (exact) mass is 616 g/mol. The molecule has 45 heavy (non-hydrogen) atoms. The maximum atomic E-state index is 14.8. The van der Waals surface area contributed by atoms with Gasteiger partial charge >= 0.3 is 5.97 Å². The minimum atomic E-state index is -1.11. The van der Waals surface area contributed by atoms with Gasteiger partial charge in [-0.1, -0.05) is 18.2 Å². The molecule has 7 rings (SSSR count). The molecule has 1 atom stereocenters. The van der Waals surface area contributed by atoms with Crippen LogP contribution in [-0.4, -0.2) is 76.6 Å². The molecule has 11 heteroatoms. The van der Waals surface area contributed by atoms with Crippen LogP contribution in [0.4, 0.5) is 4.39 Å². The number of halogens is 1. The fourth-order valence-corrected chi connectivity index (χ4v) is 6.27. The summed E-state index contributed by atoms with van der Waals surface area (Å²) in [5.74, 6) is 0.926. The van der Waals surface area contributed by atoms with E-state index in [1.807, 2.05) is 24.3 Å². The summed E-state index contributed by atoms with van der Waals surface area (Å²) in [4.78, 5) is 24.3. The number of piperidine rings is 1. The molecule has 0 amide bonds. The second kappa shape index (κ2) is 12.5. The van der Waals surface area contributed by atoms with Crippen molar-refractivity contribution in [2.45, 2.75) is 56.6 Å². The average Bonchev–Trinajstić information content (AvgIpc) is 3.36. The first-order chi connectivity index (χ1) is 21.9. The molecule has 0 aliphatic carbocycles. The van der Waals surface area contributed by atoms with Crippen LogP contribution in [0.1, 0.15) is 58.2 Å². The Morgan fingerprint density at radius 3 is 2.60 bits per heavy atom. The summed E-state index contributed by atoms with van der Waals surface area (Å²) >= 11 is 0. The number of aliphatic hydroxyl groups is 1. The fraction of sp³-hybridized carbons (Fsp3) is 0.441. The predicted octanol–water partition coefficient (Wildman–Crippen LogP) is 4.32. The first-order valence-corrected chi connectivity index (χ1v) is 15.5. The number of esters is 1. The highest BCUT2D eigenvalue weighted by atomic mass is 19.1. The van der Waals surface area contributed by atoms with Crippen LogP contribution in [0.25, 0.3) is 11.0 Å². The largest absolute Gasteiger partial charge is 0.473 e. The van der Waals surface area contributed by atoms with Crippen LogP contribution in [-0.2, 0) is 39.5 Å². The molecule has 10 nitrogen and oxygen atoms in total. The van der Waals surface area contributed by atoms with E-state index < -0.39 is 11.4 Å². The molecule has 0 saturated carbocycles. The number of nitrogens with zero attached hydrogens (tertiary/aromatic N) is 4. The minimum Gasteiger partial charge on any atom is -0.473 e. The van der Waals surface area contributed by atoms with Crippen molar-refractivity contribution < 1.29 is 33.2 Å². The number of hydrogen-bond donors (Lipinski definition) is 1. The summed E-state index contributed by atoms with van der Waals surface area (Å²) in [7, 11) is 1.39. The molecule has 2 aromatic heterocycles. The molecule has 3 aliphatic heterocycles. The number of methoxy groups -OCH3 is 1. The minimum absolute atomic E-state index is 0.0456. The number of benzene rings is 2. The van der Waals surface area contributed by atoms with Crippen LogP contribution in [0.2, 0.25) is 0 Å². The van der Waals surface area contributed by atoms with Crippen LogP contribution in [0, 0.1) is 5.82 Å². The van der Waals surface area contributed by atoms with Gasteiger partial charge in [-0.15, -0.1) is 0 Å². The van der Waals surface area contributed by atoms with Gasteiger partial charge in [0, 0.05) is 29.8 Å². The number of ether oxygens (including phenoxy) is 4. The zero-order valence-corrected chi connectivity index (χ0v) is 25.3. The van der Waals surface area contributed by atoms with Crippen molar-refractivity contribution in [3.8, 4) is 5.88 Å². The molecule has 3 fully saturated rings. The van der Waals surface area contributed by atoms with E-state index in [0.29, 0.717) is 35.7 Å². The third kappa shape index (κ3) is 6.17. The van der Waals surface area contributed by atoms with Gasteiger partial charge in [0.15, 0.2) is 0 Å². The maximum absolute atomic E-state index is 14.8. The van der Waals surface area contributed by atoms with Gasteiger partial charge in [-0.3, -0.25) is 4.90 Å². The highest BCUT2D eigenvalue weighted by Gasteiger charge is 2.38. The van der Waals surface area contributed by atoms with Crippen LogP contribution in [0.3, 0.4) is 0 Å². The molecular formula is C34H37FN4O6. The van der Waals surface area contributed by atoms with Crippen LogP contribution in [0.15, 0.2) is 54.6 Å². The molecule has 3 aliphatic rings. The number of likely N-dealkylation sites (tertiary alicyclic amines) is 1. The lowest BCUT2D eigenvalue weighted by Gasteiger charge is -2.36. The average molecular weight is 617 g/mol. The van der Waals surface area contributed by atoms with Gasteiger partial charge in [0.25, 0.3) is 0 Å². The van der Waals surface area contributed by atoms with Crippen molar-refractivity contribution in [3.63, 3.8) is 0 Å². The third-order valence-electron chi connectivity index (χ3n) is 9.19. The normalized spacial score (nSPS) is 20.0. The number of imidazole rings is 1. The Morgan fingerprint density at radius 2 is 1.91 bits per heavy atom. The molecule has 0 radical (unpaired) electrons. The first kappa shape index (κ1) is 29.8. The van der Waals surface area contributed by atoms with Gasteiger partial charge in [-0.2, -0.15) is 0 Å². The summed E-state index contributed by atoms with van der Waals surface area (Å²) < 4.78 is 38.6. The summed E-state index contributed by atoms with van der Waals surface area (Å²) in [6.07, 6.45) is 3.05. The van der Waals surface area contributed by atoms with E-state index in [-0.39, 0.29) is 37.8 Å². The second-order valence-corrected chi connectivity index (χ2v) is 12.2. The smallest absolute Gasteiger partial charge is 0.337 e. The molecule has 2 aromatic carbocycles. The molecule has 0 spiro atoms. The Hall–Kier alpha value is -3.90. The van der Waals surface area contributed by atoms with E-state index >= 15 is 0 Å². The first-order valence-electron chi connectivity index (χ1n) is 15.5.